The average Bonchev–Trinajstić information content (AvgIpc) is 2.90. The van der Waals surface area contributed by atoms with Gasteiger partial charge in [-0.3, -0.25) is 0 Å². The zero-order chi connectivity index (χ0) is 16.4. The Morgan fingerprint density at radius 2 is 1.77 bits per heavy atom. The first-order chi connectivity index (χ1) is 10.5. The standard InChI is InChI=1S/C19H38O2Si/c1-6-22(7-2,8-3)21-18-10-9-13-19(5)16(15(4)14-20)11-12-17(18)19/h15-18,20H,6-14H2,1-5H3/t15-,16-,17+,18?,19-/m1/s1. The summed E-state index contributed by atoms with van der Waals surface area (Å²) in [7, 11) is -1.50. The molecule has 130 valence electrons. The molecule has 0 radical (unpaired) electrons. The lowest BCUT2D eigenvalue weighted by atomic mass is 9.62. The van der Waals surface area contributed by atoms with Gasteiger partial charge in [-0.15, -0.1) is 0 Å². The Kier molecular flexibility index (Phi) is 6.18. The highest BCUT2D eigenvalue weighted by Gasteiger charge is 2.53. The summed E-state index contributed by atoms with van der Waals surface area (Å²) in [5.41, 5.74) is 0.403. The van der Waals surface area contributed by atoms with Gasteiger partial charge < -0.3 is 9.53 Å². The number of aliphatic hydroxyl groups excluding tert-OH is 1. The zero-order valence-electron chi connectivity index (χ0n) is 15.5. The zero-order valence-corrected chi connectivity index (χ0v) is 16.5. The highest BCUT2D eigenvalue weighted by molar-refractivity contribution is 6.73. The molecular formula is C19H38O2Si. The van der Waals surface area contributed by atoms with Crippen LogP contribution in [-0.4, -0.2) is 26.1 Å². The van der Waals surface area contributed by atoms with Crippen LogP contribution in [0.15, 0.2) is 0 Å². The highest BCUT2D eigenvalue weighted by Crippen LogP contribution is 2.58. The van der Waals surface area contributed by atoms with Gasteiger partial charge in [0.1, 0.15) is 0 Å². The molecule has 2 aliphatic rings. The maximum Gasteiger partial charge on any atom is 0.192 e. The van der Waals surface area contributed by atoms with Gasteiger partial charge in [0.25, 0.3) is 0 Å². The molecule has 1 N–H and O–H groups in total. The average molecular weight is 327 g/mol. The second-order valence-corrected chi connectivity index (χ2v) is 13.0. The van der Waals surface area contributed by atoms with Crippen LogP contribution in [0.4, 0.5) is 0 Å². The smallest absolute Gasteiger partial charge is 0.192 e. The van der Waals surface area contributed by atoms with E-state index in [1.807, 2.05) is 0 Å². The minimum Gasteiger partial charge on any atom is -0.414 e. The van der Waals surface area contributed by atoms with Crippen molar-refractivity contribution in [2.45, 2.75) is 91.0 Å². The molecule has 3 heteroatoms. The summed E-state index contributed by atoms with van der Waals surface area (Å²) in [6.45, 7) is 12.1. The molecule has 0 aromatic heterocycles. The summed E-state index contributed by atoms with van der Waals surface area (Å²) in [6, 6.07) is 3.78. The Morgan fingerprint density at radius 1 is 1.14 bits per heavy atom. The highest BCUT2D eigenvalue weighted by atomic mass is 28.4. The second kappa shape index (κ2) is 7.35. The lowest BCUT2D eigenvalue weighted by Crippen LogP contribution is -2.48. The van der Waals surface area contributed by atoms with Gasteiger partial charge in [0.15, 0.2) is 8.32 Å². The number of hydrogen-bond acceptors (Lipinski definition) is 2. The molecule has 0 aliphatic heterocycles. The lowest BCUT2D eigenvalue weighted by molar-refractivity contribution is -0.0251. The normalized spacial score (nSPS) is 37.1. The predicted molar refractivity (Wildman–Crippen MR) is 96.5 cm³/mol. The lowest BCUT2D eigenvalue weighted by Gasteiger charge is -2.48. The van der Waals surface area contributed by atoms with Crippen molar-refractivity contribution < 1.29 is 9.53 Å². The number of fused-ring (bicyclic) bond motifs is 1. The molecule has 0 aromatic rings. The summed E-state index contributed by atoms with van der Waals surface area (Å²) in [6.07, 6.45) is 7.04. The Balaban J connectivity index is 2.16. The quantitative estimate of drug-likeness (QED) is 0.650. The summed E-state index contributed by atoms with van der Waals surface area (Å²) in [4.78, 5) is 0. The van der Waals surface area contributed by atoms with Crippen molar-refractivity contribution in [3.63, 3.8) is 0 Å². The first kappa shape index (κ1) is 18.5. The number of aliphatic hydroxyl groups is 1. The maximum atomic E-state index is 9.64. The van der Waals surface area contributed by atoms with Crippen LogP contribution in [0.2, 0.25) is 18.1 Å². The SMILES string of the molecule is CC[Si](CC)(CC)OC1CCC[C@]2(C)[C@@H]([C@H](C)CO)CC[C@@H]12. The molecule has 0 bridgehead atoms. The first-order valence-electron chi connectivity index (χ1n) is 9.75. The number of rotatable bonds is 7. The van der Waals surface area contributed by atoms with E-state index in [0.29, 0.717) is 30.0 Å². The molecule has 2 fully saturated rings. The molecule has 0 spiro atoms. The van der Waals surface area contributed by atoms with Crippen molar-refractivity contribution in [2.24, 2.45) is 23.2 Å². The molecule has 22 heavy (non-hydrogen) atoms. The van der Waals surface area contributed by atoms with Crippen LogP contribution in [-0.2, 0) is 4.43 Å². The third-order valence-electron chi connectivity index (χ3n) is 7.44. The third kappa shape index (κ3) is 3.18. The van der Waals surface area contributed by atoms with E-state index in [9.17, 15) is 5.11 Å². The fraction of sp³-hybridized carbons (Fsp3) is 1.00. The molecule has 1 unspecified atom stereocenters. The van der Waals surface area contributed by atoms with Crippen molar-refractivity contribution in [1.29, 1.82) is 0 Å². The largest absolute Gasteiger partial charge is 0.414 e. The Bertz CT molecular complexity index is 347. The van der Waals surface area contributed by atoms with Crippen molar-refractivity contribution >= 4 is 8.32 Å². The van der Waals surface area contributed by atoms with Crippen LogP contribution in [0.5, 0.6) is 0 Å². The van der Waals surface area contributed by atoms with Gasteiger partial charge in [0, 0.05) is 12.7 Å². The van der Waals surface area contributed by atoms with Gasteiger partial charge in [0.2, 0.25) is 0 Å². The fourth-order valence-corrected chi connectivity index (χ4v) is 8.61. The van der Waals surface area contributed by atoms with Crippen molar-refractivity contribution in [1.82, 2.24) is 0 Å². The molecule has 0 heterocycles. The van der Waals surface area contributed by atoms with E-state index >= 15 is 0 Å². The van der Waals surface area contributed by atoms with Crippen LogP contribution < -0.4 is 0 Å². The Morgan fingerprint density at radius 3 is 2.32 bits per heavy atom. The van der Waals surface area contributed by atoms with Crippen LogP contribution in [0.3, 0.4) is 0 Å². The van der Waals surface area contributed by atoms with E-state index in [2.05, 4.69) is 34.6 Å². The monoisotopic (exact) mass is 326 g/mol. The first-order valence-corrected chi connectivity index (χ1v) is 12.3. The number of hydrogen-bond donors (Lipinski definition) is 1. The van der Waals surface area contributed by atoms with E-state index in [-0.39, 0.29) is 0 Å². The summed E-state index contributed by atoms with van der Waals surface area (Å²) in [5, 5.41) is 9.64. The van der Waals surface area contributed by atoms with Crippen LogP contribution in [0, 0.1) is 23.2 Å². The van der Waals surface area contributed by atoms with E-state index in [0.717, 1.165) is 5.92 Å². The molecule has 2 nitrogen and oxygen atoms in total. The molecule has 0 saturated heterocycles. The van der Waals surface area contributed by atoms with Gasteiger partial charge in [0.05, 0.1) is 0 Å². The van der Waals surface area contributed by atoms with Gasteiger partial charge >= 0.3 is 0 Å². The topological polar surface area (TPSA) is 29.5 Å². The molecule has 2 saturated carbocycles. The molecule has 2 rings (SSSR count). The Labute approximate surface area is 139 Å². The van der Waals surface area contributed by atoms with Gasteiger partial charge in [-0.05, 0) is 67.0 Å². The fourth-order valence-electron chi connectivity index (χ4n) is 5.68. The van der Waals surface area contributed by atoms with Crippen LogP contribution in [0.1, 0.15) is 66.7 Å². The molecule has 5 atom stereocenters. The van der Waals surface area contributed by atoms with Crippen LogP contribution in [0.25, 0.3) is 0 Å². The van der Waals surface area contributed by atoms with E-state index in [1.54, 1.807) is 0 Å². The second-order valence-electron chi connectivity index (χ2n) is 8.25. The molecule has 0 aromatic carbocycles. The predicted octanol–water partition coefficient (Wildman–Crippen LogP) is 5.22. The third-order valence-corrected chi connectivity index (χ3v) is 12.1. The van der Waals surface area contributed by atoms with Crippen LogP contribution >= 0.6 is 0 Å². The minimum atomic E-state index is -1.50. The Hall–Kier alpha value is 0.137. The van der Waals surface area contributed by atoms with Crippen molar-refractivity contribution in [3.8, 4) is 0 Å². The summed E-state index contributed by atoms with van der Waals surface area (Å²) >= 11 is 0. The van der Waals surface area contributed by atoms with Gasteiger partial charge in [-0.2, -0.15) is 0 Å². The molecule has 0 amide bonds. The van der Waals surface area contributed by atoms with E-state index < -0.39 is 8.32 Å². The van der Waals surface area contributed by atoms with Gasteiger partial charge in [-0.25, -0.2) is 0 Å². The van der Waals surface area contributed by atoms with E-state index in [4.69, 9.17) is 4.43 Å². The molecular weight excluding hydrogens is 288 g/mol. The maximum absolute atomic E-state index is 9.64. The summed E-state index contributed by atoms with van der Waals surface area (Å²) < 4.78 is 6.94. The molecule has 2 aliphatic carbocycles. The summed E-state index contributed by atoms with van der Waals surface area (Å²) in [5.74, 6) is 1.87. The van der Waals surface area contributed by atoms with Crippen molar-refractivity contribution in [2.75, 3.05) is 6.61 Å². The van der Waals surface area contributed by atoms with Crippen molar-refractivity contribution in [3.05, 3.63) is 0 Å². The van der Waals surface area contributed by atoms with Gasteiger partial charge in [-0.1, -0.05) is 41.0 Å². The van der Waals surface area contributed by atoms with E-state index in [1.165, 1.54) is 50.2 Å². The minimum absolute atomic E-state index is 0.343.